The van der Waals surface area contributed by atoms with E-state index in [0.717, 1.165) is 11.3 Å². The molecule has 0 unspecified atom stereocenters. The molecule has 0 aliphatic rings. The third-order valence-corrected chi connectivity index (χ3v) is 3.88. The number of ether oxygens (including phenoxy) is 2. The first-order valence-corrected chi connectivity index (χ1v) is 8.18. The summed E-state index contributed by atoms with van der Waals surface area (Å²) < 4.78 is 18.2. The first-order chi connectivity index (χ1) is 12.6. The molecule has 2 heterocycles. The van der Waals surface area contributed by atoms with Crippen molar-refractivity contribution in [3.63, 3.8) is 0 Å². The minimum atomic E-state index is -0.281. The van der Waals surface area contributed by atoms with Crippen LogP contribution in [0.2, 0.25) is 0 Å². The Labute approximate surface area is 151 Å². The number of carbonyl (C=O) groups excluding carboxylic acids is 1. The quantitative estimate of drug-likeness (QED) is 0.705. The maximum atomic E-state index is 12.2. The van der Waals surface area contributed by atoms with E-state index >= 15 is 0 Å². The van der Waals surface area contributed by atoms with Crippen molar-refractivity contribution >= 4 is 5.91 Å². The lowest BCUT2D eigenvalue weighted by Crippen LogP contribution is -2.22. The zero-order valence-corrected chi connectivity index (χ0v) is 15.0. The molecule has 0 radical (unpaired) electrons. The number of methoxy groups -OCH3 is 1. The second-order valence-electron chi connectivity index (χ2n) is 5.80. The average Bonchev–Trinajstić information content (AvgIpc) is 3.24. The minimum absolute atomic E-state index is 0.204. The Bertz CT molecular complexity index is 898. The minimum Gasteiger partial charge on any atom is -0.493 e. The number of amides is 1. The van der Waals surface area contributed by atoms with Gasteiger partial charge in [0.25, 0.3) is 5.91 Å². The Balaban J connectivity index is 1.57. The summed E-state index contributed by atoms with van der Waals surface area (Å²) in [5.74, 6) is 1.77. The third kappa shape index (κ3) is 4.05. The summed E-state index contributed by atoms with van der Waals surface area (Å²) in [5.41, 5.74) is 1.85. The zero-order valence-electron chi connectivity index (χ0n) is 15.0. The van der Waals surface area contributed by atoms with Gasteiger partial charge in [0, 0.05) is 25.4 Å². The van der Waals surface area contributed by atoms with Crippen molar-refractivity contribution in [3.8, 4) is 11.5 Å². The maximum absolute atomic E-state index is 12.2. The fourth-order valence-electron chi connectivity index (χ4n) is 2.55. The van der Waals surface area contributed by atoms with Gasteiger partial charge >= 0.3 is 0 Å². The Kier molecular flexibility index (Phi) is 5.26. The second-order valence-corrected chi connectivity index (χ2v) is 5.80. The molecule has 0 saturated carbocycles. The molecule has 26 heavy (non-hydrogen) atoms. The smallest absolute Gasteiger partial charge is 0.287 e. The normalized spacial score (nSPS) is 10.6. The number of furan rings is 1. The number of hydrogen-bond donors (Lipinski definition) is 1. The van der Waals surface area contributed by atoms with E-state index in [1.807, 2.05) is 44.4 Å². The molecule has 0 atom stereocenters. The van der Waals surface area contributed by atoms with E-state index in [1.54, 1.807) is 23.9 Å². The van der Waals surface area contributed by atoms with Crippen LogP contribution >= 0.6 is 0 Å². The first kappa shape index (κ1) is 17.6. The number of rotatable bonds is 7. The lowest BCUT2D eigenvalue weighted by atomic mass is 10.2. The van der Waals surface area contributed by atoms with E-state index in [4.69, 9.17) is 13.9 Å². The van der Waals surface area contributed by atoms with E-state index < -0.39 is 0 Å². The molecule has 3 aromatic rings. The van der Waals surface area contributed by atoms with Crippen molar-refractivity contribution in [2.24, 2.45) is 7.05 Å². The number of para-hydroxylation sites is 2. The van der Waals surface area contributed by atoms with Crippen LogP contribution in [0.3, 0.4) is 0 Å². The van der Waals surface area contributed by atoms with Crippen LogP contribution in [-0.4, -0.2) is 22.8 Å². The first-order valence-electron chi connectivity index (χ1n) is 8.18. The van der Waals surface area contributed by atoms with Crippen LogP contribution in [-0.2, 0) is 20.2 Å². The molecule has 0 aliphatic heterocycles. The number of hydrogen-bond acceptors (Lipinski definition) is 5. The molecular formula is C19H21N3O4. The van der Waals surface area contributed by atoms with Crippen LogP contribution in [0.15, 0.2) is 47.0 Å². The lowest BCUT2D eigenvalue weighted by Gasteiger charge is -2.08. The number of aryl methyl sites for hydroxylation is 2. The molecular weight excluding hydrogens is 334 g/mol. The highest BCUT2D eigenvalue weighted by Gasteiger charge is 2.13. The van der Waals surface area contributed by atoms with Crippen LogP contribution in [0.5, 0.6) is 11.5 Å². The molecule has 1 aromatic carbocycles. The molecule has 0 fully saturated rings. The van der Waals surface area contributed by atoms with Crippen molar-refractivity contribution in [1.82, 2.24) is 15.1 Å². The fraction of sp³-hybridized carbons (Fsp3) is 0.263. The molecule has 1 amide bonds. The number of nitrogens with zero attached hydrogens (tertiary/aromatic N) is 2. The van der Waals surface area contributed by atoms with Gasteiger partial charge < -0.3 is 19.2 Å². The van der Waals surface area contributed by atoms with Crippen LogP contribution in [0.1, 0.15) is 27.6 Å². The average molecular weight is 355 g/mol. The van der Waals surface area contributed by atoms with Crippen molar-refractivity contribution < 1.29 is 18.7 Å². The molecule has 7 heteroatoms. The van der Waals surface area contributed by atoms with Gasteiger partial charge in [-0.15, -0.1) is 0 Å². The van der Waals surface area contributed by atoms with Crippen molar-refractivity contribution in [3.05, 3.63) is 65.4 Å². The summed E-state index contributed by atoms with van der Waals surface area (Å²) in [6.07, 6.45) is 1.88. The molecule has 7 nitrogen and oxygen atoms in total. The van der Waals surface area contributed by atoms with Gasteiger partial charge in [-0.05, 0) is 31.2 Å². The van der Waals surface area contributed by atoms with Crippen LogP contribution in [0.4, 0.5) is 0 Å². The number of nitrogens with one attached hydrogen (secondary N) is 1. The summed E-state index contributed by atoms with van der Waals surface area (Å²) in [4.78, 5) is 12.2. The molecule has 136 valence electrons. The third-order valence-electron chi connectivity index (χ3n) is 3.88. The highest BCUT2D eigenvalue weighted by molar-refractivity contribution is 5.91. The van der Waals surface area contributed by atoms with E-state index in [1.165, 1.54) is 0 Å². The predicted molar refractivity (Wildman–Crippen MR) is 95.1 cm³/mol. The predicted octanol–water partition coefficient (Wildman–Crippen LogP) is 2.84. The SMILES string of the molecule is COc1ccccc1OCc1ccc(C(=O)NCc2cn(C)nc2C)o1. The van der Waals surface area contributed by atoms with Crippen molar-refractivity contribution in [1.29, 1.82) is 0 Å². The van der Waals surface area contributed by atoms with E-state index in [-0.39, 0.29) is 18.3 Å². The second kappa shape index (κ2) is 7.77. The summed E-state index contributed by atoms with van der Waals surface area (Å²) >= 11 is 0. The topological polar surface area (TPSA) is 78.5 Å². The van der Waals surface area contributed by atoms with Gasteiger partial charge in [0.1, 0.15) is 12.4 Å². The van der Waals surface area contributed by atoms with E-state index in [2.05, 4.69) is 10.4 Å². The van der Waals surface area contributed by atoms with E-state index in [9.17, 15) is 4.79 Å². The molecule has 2 aromatic heterocycles. The fourth-order valence-corrected chi connectivity index (χ4v) is 2.55. The van der Waals surface area contributed by atoms with E-state index in [0.29, 0.717) is 23.8 Å². The van der Waals surface area contributed by atoms with Gasteiger partial charge in [0.15, 0.2) is 17.3 Å². The van der Waals surface area contributed by atoms with Gasteiger partial charge in [-0.2, -0.15) is 5.10 Å². The van der Waals surface area contributed by atoms with Crippen LogP contribution < -0.4 is 14.8 Å². The number of aromatic nitrogens is 2. The summed E-state index contributed by atoms with van der Waals surface area (Å²) in [6, 6.07) is 10.7. The number of benzene rings is 1. The monoisotopic (exact) mass is 355 g/mol. The van der Waals surface area contributed by atoms with Gasteiger partial charge in [0.05, 0.1) is 12.8 Å². The van der Waals surface area contributed by atoms with Crippen LogP contribution in [0, 0.1) is 6.92 Å². The van der Waals surface area contributed by atoms with Crippen molar-refractivity contribution in [2.75, 3.05) is 7.11 Å². The maximum Gasteiger partial charge on any atom is 0.287 e. The van der Waals surface area contributed by atoms with Crippen LogP contribution in [0.25, 0.3) is 0 Å². The largest absolute Gasteiger partial charge is 0.493 e. The van der Waals surface area contributed by atoms with Gasteiger partial charge in [-0.25, -0.2) is 0 Å². The summed E-state index contributed by atoms with van der Waals surface area (Å²) in [7, 11) is 3.43. The molecule has 0 spiro atoms. The summed E-state index contributed by atoms with van der Waals surface area (Å²) in [6.45, 7) is 2.50. The molecule has 0 saturated heterocycles. The Morgan fingerprint density at radius 1 is 1.23 bits per heavy atom. The standard InChI is InChI=1S/C19H21N3O4/c1-13-14(11-22(2)21-13)10-20-19(23)18-9-8-15(26-18)12-25-17-7-5-4-6-16(17)24-3/h4-9,11H,10,12H2,1-3H3,(H,20,23). The zero-order chi connectivity index (χ0) is 18.5. The highest BCUT2D eigenvalue weighted by atomic mass is 16.5. The molecule has 1 N–H and O–H groups in total. The van der Waals surface area contributed by atoms with Gasteiger partial charge in [-0.1, -0.05) is 12.1 Å². The van der Waals surface area contributed by atoms with Gasteiger partial charge in [0.2, 0.25) is 0 Å². The van der Waals surface area contributed by atoms with Crippen molar-refractivity contribution in [2.45, 2.75) is 20.1 Å². The lowest BCUT2D eigenvalue weighted by molar-refractivity contribution is 0.0919. The summed E-state index contributed by atoms with van der Waals surface area (Å²) in [5, 5.41) is 7.08. The molecule has 0 aliphatic carbocycles. The van der Waals surface area contributed by atoms with Gasteiger partial charge in [-0.3, -0.25) is 9.48 Å². The highest BCUT2D eigenvalue weighted by Crippen LogP contribution is 2.26. The Morgan fingerprint density at radius 2 is 2.00 bits per heavy atom. The molecule has 3 rings (SSSR count). The Morgan fingerprint density at radius 3 is 2.69 bits per heavy atom. The molecule has 0 bridgehead atoms. The number of carbonyl (C=O) groups is 1. The Hall–Kier alpha value is -3.22.